The Morgan fingerprint density at radius 2 is 2.28 bits per heavy atom. The zero-order chi connectivity index (χ0) is 13.0. The van der Waals surface area contributed by atoms with Crippen molar-refractivity contribution in [3.63, 3.8) is 0 Å². The van der Waals surface area contributed by atoms with Gasteiger partial charge in [0, 0.05) is 25.2 Å². The van der Waals surface area contributed by atoms with E-state index < -0.39 is 0 Å². The maximum Gasteiger partial charge on any atom is 0.109 e. The van der Waals surface area contributed by atoms with E-state index in [1.54, 1.807) is 11.3 Å². The fourth-order valence-electron chi connectivity index (χ4n) is 1.95. The Morgan fingerprint density at radius 3 is 2.83 bits per heavy atom. The number of aromatic nitrogens is 3. The standard InChI is InChI=1S/C13H20N4S/c1-4-10-8-11(17(3)16-10)9-15-12(5-2)13-14-6-7-18-13/h6-8,12,15H,4-5,9H2,1-3H3. The van der Waals surface area contributed by atoms with Gasteiger partial charge in [-0.05, 0) is 18.9 Å². The van der Waals surface area contributed by atoms with Crippen LogP contribution >= 0.6 is 11.3 Å². The molecule has 2 heterocycles. The van der Waals surface area contributed by atoms with Crippen molar-refractivity contribution < 1.29 is 0 Å². The van der Waals surface area contributed by atoms with Crippen LogP contribution < -0.4 is 5.32 Å². The normalized spacial score (nSPS) is 12.8. The predicted molar refractivity (Wildman–Crippen MR) is 74.6 cm³/mol. The van der Waals surface area contributed by atoms with E-state index in [1.165, 1.54) is 5.69 Å². The molecule has 0 aliphatic carbocycles. The molecule has 18 heavy (non-hydrogen) atoms. The quantitative estimate of drug-likeness (QED) is 0.872. The summed E-state index contributed by atoms with van der Waals surface area (Å²) in [7, 11) is 2.00. The van der Waals surface area contributed by atoms with Gasteiger partial charge in [0.05, 0.1) is 17.4 Å². The summed E-state index contributed by atoms with van der Waals surface area (Å²) in [5.74, 6) is 0. The molecule has 2 aromatic heterocycles. The summed E-state index contributed by atoms with van der Waals surface area (Å²) in [6, 6.07) is 2.51. The predicted octanol–water partition coefficient (Wildman–Crippen LogP) is 2.68. The van der Waals surface area contributed by atoms with Crippen molar-refractivity contribution in [2.45, 2.75) is 39.3 Å². The molecule has 2 rings (SSSR count). The van der Waals surface area contributed by atoms with Crippen molar-refractivity contribution in [1.82, 2.24) is 20.1 Å². The average molecular weight is 264 g/mol. The number of hydrogen-bond acceptors (Lipinski definition) is 4. The number of rotatable bonds is 6. The van der Waals surface area contributed by atoms with Crippen LogP contribution in [0.5, 0.6) is 0 Å². The number of nitrogens with zero attached hydrogens (tertiary/aromatic N) is 3. The van der Waals surface area contributed by atoms with Gasteiger partial charge in [0.25, 0.3) is 0 Å². The molecule has 0 amide bonds. The second-order valence-corrected chi connectivity index (χ2v) is 5.24. The monoisotopic (exact) mass is 264 g/mol. The highest BCUT2D eigenvalue weighted by molar-refractivity contribution is 7.09. The van der Waals surface area contributed by atoms with Crippen LogP contribution in [0.4, 0.5) is 0 Å². The van der Waals surface area contributed by atoms with E-state index in [0.717, 1.165) is 30.1 Å². The minimum absolute atomic E-state index is 0.338. The van der Waals surface area contributed by atoms with Crippen LogP contribution in [0.25, 0.3) is 0 Å². The third kappa shape index (κ3) is 2.97. The highest BCUT2D eigenvalue weighted by Crippen LogP contribution is 2.19. The van der Waals surface area contributed by atoms with Crippen LogP contribution in [-0.4, -0.2) is 14.8 Å². The second kappa shape index (κ2) is 6.11. The van der Waals surface area contributed by atoms with Gasteiger partial charge in [-0.25, -0.2) is 4.98 Å². The Morgan fingerprint density at radius 1 is 1.44 bits per heavy atom. The largest absolute Gasteiger partial charge is 0.302 e. The summed E-state index contributed by atoms with van der Waals surface area (Å²) < 4.78 is 1.96. The van der Waals surface area contributed by atoms with E-state index in [0.29, 0.717) is 6.04 Å². The molecule has 1 N–H and O–H groups in total. The van der Waals surface area contributed by atoms with E-state index in [1.807, 2.05) is 23.3 Å². The van der Waals surface area contributed by atoms with Crippen LogP contribution in [0.15, 0.2) is 17.6 Å². The minimum atomic E-state index is 0.338. The molecule has 0 fully saturated rings. The maximum absolute atomic E-state index is 4.46. The molecule has 0 aromatic carbocycles. The first kappa shape index (κ1) is 13.2. The number of thiazole rings is 1. The molecule has 0 aliphatic rings. The molecule has 98 valence electrons. The highest BCUT2D eigenvalue weighted by atomic mass is 32.1. The topological polar surface area (TPSA) is 42.7 Å². The molecule has 1 unspecified atom stereocenters. The van der Waals surface area contributed by atoms with Crippen LogP contribution in [-0.2, 0) is 20.0 Å². The van der Waals surface area contributed by atoms with Gasteiger partial charge < -0.3 is 5.32 Å². The Balaban J connectivity index is 1.99. The highest BCUT2D eigenvalue weighted by Gasteiger charge is 2.12. The van der Waals surface area contributed by atoms with E-state index >= 15 is 0 Å². The van der Waals surface area contributed by atoms with E-state index in [9.17, 15) is 0 Å². The summed E-state index contributed by atoms with van der Waals surface area (Å²) in [6.45, 7) is 5.14. The molecular weight excluding hydrogens is 244 g/mol. The molecule has 0 aliphatic heterocycles. The van der Waals surface area contributed by atoms with E-state index in [4.69, 9.17) is 0 Å². The van der Waals surface area contributed by atoms with E-state index in [-0.39, 0.29) is 0 Å². The van der Waals surface area contributed by atoms with E-state index in [2.05, 4.69) is 35.3 Å². The Labute approximate surface area is 112 Å². The molecule has 5 heteroatoms. The lowest BCUT2D eigenvalue weighted by atomic mass is 10.2. The lowest BCUT2D eigenvalue weighted by Crippen LogP contribution is -2.21. The maximum atomic E-state index is 4.46. The molecule has 0 saturated carbocycles. The van der Waals surface area contributed by atoms with Crippen molar-refractivity contribution in [3.05, 3.63) is 34.0 Å². The first-order chi connectivity index (χ1) is 8.74. The molecular formula is C13H20N4S. The summed E-state index contributed by atoms with van der Waals surface area (Å²) in [5, 5.41) is 11.2. The van der Waals surface area contributed by atoms with Gasteiger partial charge in [-0.1, -0.05) is 13.8 Å². The lowest BCUT2D eigenvalue weighted by Gasteiger charge is -2.14. The summed E-state index contributed by atoms with van der Waals surface area (Å²) in [5.41, 5.74) is 2.37. The van der Waals surface area contributed by atoms with Gasteiger partial charge in [0.15, 0.2) is 0 Å². The van der Waals surface area contributed by atoms with Crippen molar-refractivity contribution in [3.8, 4) is 0 Å². The molecule has 2 aromatic rings. The summed E-state index contributed by atoms with van der Waals surface area (Å²) in [6.07, 6.45) is 3.90. The lowest BCUT2D eigenvalue weighted by molar-refractivity contribution is 0.501. The van der Waals surface area contributed by atoms with Gasteiger partial charge >= 0.3 is 0 Å². The molecule has 0 radical (unpaired) electrons. The average Bonchev–Trinajstić information content (AvgIpc) is 3.00. The van der Waals surface area contributed by atoms with Crippen molar-refractivity contribution in [1.29, 1.82) is 0 Å². The van der Waals surface area contributed by atoms with Gasteiger partial charge in [-0.2, -0.15) is 5.10 Å². The molecule has 1 atom stereocenters. The zero-order valence-corrected chi connectivity index (χ0v) is 12.0. The number of aryl methyl sites for hydroxylation is 2. The first-order valence-corrected chi connectivity index (χ1v) is 7.27. The summed E-state index contributed by atoms with van der Waals surface area (Å²) >= 11 is 1.71. The Kier molecular flexibility index (Phi) is 4.49. The summed E-state index contributed by atoms with van der Waals surface area (Å²) in [4.78, 5) is 4.38. The second-order valence-electron chi connectivity index (χ2n) is 4.32. The Bertz CT molecular complexity index is 475. The van der Waals surface area contributed by atoms with Gasteiger partial charge in [0.1, 0.15) is 5.01 Å². The van der Waals surface area contributed by atoms with Crippen molar-refractivity contribution in [2.75, 3.05) is 0 Å². The molecule has 0 saturated heterocycles. The van der Waals surface area contributed by atoms with Gasteiger partial charge in [-0.3, -0.25) is 4.68 Å². The molecule has 0 bridgehead atoms. The third-order valence-corrected chi connectivity index (χ3v) is 3.97. The first-order valence-electron chi connectivity index (χ1n) is 6.39. The fraction of sp³-hybridized carbons (Fsp3) is 0.538. The third-order valence-electron chi connectivity index (χ3n) is 3.08. The smallest absolute Gasteiger partial charge is 0.109 e. The van der Waals surface area contributed by atoms with Crippen LogP contribution in [0.3, 0.4) is 0 Å². The van der Waals surface area contributed by atoms with Crippen molar-refractivity contribution >= 4 is 11.3 Å². The van der Waals surface area contributed by atoms with Gasteiger partial charge in [0.2, 0.25) is 0 Å². The van der Waals surface area contributed by atoms with Crippen molar-refractivity contribution in [2.24, 2.45) is 7.05 Å². The molecule has 4 nitrogen and oxygen atoms in total. The van der Waals surface area contributed by atoms with Crippen LogP contribution in [0.2, 0.25) is 0 Å². The number of hydrogen-bond donors (Lipinski definition) is 1. The minimum Gasteiger partial charge on any atom is -0.302 e. The Hall–Kier alpha value is -1.20. The van der Waals surface area contributed by atoms with Crippen LogP contribution in [0.1, 0.15) is 42.7 Å². The van der Waals surface area contributed by atoms with Crippen LogP contribution in [0, 0.1) is 0 Å². The SMILES string of the molecule is CCc1cc(CNC(CC)c2nccs2)n(C)n1. The zero-order valence-electron chi connectivity index (χ0n) is 11.2. The number of nitrogens with one attached hydrogen (secondary N) is 1. The van der Waals surface area contributed by atoms with Gasteiger partial charge in [-0.15, -0.1) is 11.3 Å². The molecule has 0 spiro atoms. The fourth-order valence-corrected chi connectivity index (χ4v) is 2.75.